The number of aromatic nitrogens is 1. The van der Waals surface area contributed by atoms with Gasteiger partial charge in [0.1, 0.15) is 5.82 Å². The Hall–Kier alpha value is -1.13. The van der Waals surface area contributed by atoms with Crippen molar-refractivity contribution in [1.82, 2.24) is 4.98 Å². The second-order valence-electron chi connectivity index (χ2n) is 4.18. The van der Waals surface area contributed by atoms with E-state index in [1.807, 2.05) is 24.4 Å². The topological polar surface area (TPSA) is 36.4 Å². The van der Waals surface area contributed by atoms with E-state index in [9.17, 15) is 5.11 Å². The Labute approximate surface area is 116 Å². The molecule has 1 aromatic carbocycles. The van der Waals surface area contributed by atoms with E-state index < -0.39 is 0 Å². The zero-order chi connectivity index (χ0) is 13.0. The van der Waals surface area contributed by atoms with Gasteiger partial charge in [0.15, 0.2) is 0 Å². The quantitative estimate of drug-likeness (QED) is 0.921. The summed E-state index contributed by atoms with van der Waals surface area (Å²) < 4.78 is 1.07. The van der Waals surface area contributed by atoms with Crippen molar-refractivity contribution in [1.29, 1.82) is 0 Å². The molecule has 0 aliphatic rings. The standard InChI is InChI=1S/C14H17BrN2O/c1-2-8-17(9-10-18)14-12-4-3-5-13(15)11(12)6-7-16-14/h3-7,18H,2,8-10H2,1H3. The van der Waals surface area contributed by atoms with Crippen molar-refractivity contribution >= 4 is 32.5 Å². The minimum absolute atomic E-state index is 0.145. The second-order valence-corrected chi connectivity index (χ2v) is 5.03. The molecule has 0 aliphatic heterocycles. The highest BCUT2D eigenvalue weighted by Gasteiger charge is 2.11. The monoisotopic (exact) mass is 308 g/mol. The molecule has 0 atom stereocenters. The van der Waals surface area contributed by atoms with Gasteiger partial charge in [-0.2, -0.15) is 0 Å². The van der Waals surface area contributed by atoms with Gasteiger partial charge < -0.3 is 10.0 Å². The maximum Gasteiger partial charge on any atom is 0.136 e. The third kappa shape index (κ3) is 2.65. The van der Waals surface area contributed by atoms with Gasteiger partial charge in [0.25, 0.3) is 0 Å². The summed E-state index contributed by atoms with van der Waals surface area (Å²) in [5.74, 6) is 0.949. The summed E-state index contributed by atoms with van der Waals surface area (Å²) in [7, 11) is 0. The number of nitrogens with zero attached hydrogens (tertiary/aromatic N) is 2. The molecule has 4 heteroatoms. The van der Waals surface area contributed by atoms with Gasteiger partial charge in [0, 0.05) is 34.5 Å². The molecule has 0 bridgehead atoms. The van der Waals surface area contributed by atoms with Crippen LogP contribution in [-0.4, -0.2) is 29.8 Å². The molecule has 0 aliphatic carbocycles. The van der Waals surface area contributed by atoms with E-state index in [0.29, 0.717) is 6.54 Å². The molecule has 0 fully saturated rings. The fourth-order valence-electron chi connectivity index (χ4n) is 2.12. The van der Waals surface area contributed by atoms with Crippen molar-refractivity contribution in [3.63, 3.8) is 0 Å². The number of aliphatic hydroxyl groups is 1. The third-order valence-corrected chi connectivity index (χ3v) is 3.59. The van der Waals surface area contributed by atoms with Gasteiger partial charge in [-0.15, -0.1) is 0 Å². The first-order valence-electron chi connectivity index (χ1n) is 6.17. The summed E-state index contributed by atoms with van der Waals surface area (Å²) in [6, 6.07) is 8.12. The van der Waals surface area contributed by atoms with E-state index in [2.05, 4.69) is 38.8 Å². The SMILES string of the molecule is CCCN(CCO)c1nccc2c(Br)cccc12. The maximum absolute atomic E-state index is 9.17. The third-order valence-electron chi connectivity index (χ3n) is 2.89. The lowest BCUT2D eigenvalue weighted by Gasteiger charge is -2.23. The largest absolute Gasteiger partial charge is 0.395 e. The lowest BCUT2D eigenvalue weighted by atomic mass is 10.1. The number of anilines is 1. The molecule has 1 N–H and O–H groups in total. The Morgan fingerprint density at radius 3 is 2.78 bits per heavy atom. The molecule has 96 valence electrons. The number of pyridine rings is 1. The normalized spacial score (nSPS) is 10.8. The Kier molecular flexibility index (Phi) is 4.55. The minimum Gasteiger partial charge on any atom is -0.395 e. The molecule has 0 amide bonds. The van der Waals surface area contributed by atoms with Gasteiger partial charge >= 0.3 is 0 Å². The zero-order valence-corrected chi connectivity index (χ0v) is 12.0. The molecule has 2 rings (SSSR count). The van der Waals surface area contributed by atoms with Crippen LogP contribution in [0.3, 0.4) is 0 Å². The van der Waals surface area contributed by atoms with E-state index >= 15 is 0 Å². The van der Waals surface area contributed by atoms with E-state index in [1.165, 1.54) is 0 Å². The average molecular weight is 309 g/mol. The molecule has 2 aromatic rings. The van der Waals surface area contributed by atoms with Gasteiger partial charge in [-0.05, 0) is 18.6 Å². The van der Waals surface area contributed by atoms with Gasteiger partial charge in [0.2, 0.25) is 0 Å². The summed E-state index contributed by atoms with van der Waals surface area (Å²) in [5, 5.41) is 11.4. The number of aliphatic hydroxyl groups excluding tert-OH is 1. The number of fused-ring (bicyclic) bond motifs is 1. The fraction of sp³-hybridized carbons (Fsp3) is 0.357. The van der Waals surface area contributed by atoms with Crippen molar-refractivity contribution in [2.24, 2.45) is 0 Å². The van der Waals surface area contributed by atoms with E-state index in [0.717, 1.165) is 34.0 Å². The molecule has 0 radical (unpaired) electrons. The maximum atomic E-state index is 9.17. The van der Waals surface area contributed by atoms with Gasteiger partial charge in [0.05, 0.1) is 6.61 Å². The van der Waals surface area contributed by atoms with E-state index in [-0.39, 0.29) is 6.61 Å². The van der Waals surface area contributed by atoms with Crippen LogP contribution in [0.2, 0.25) is 0 Å². The first-order valence-corrected chi connectivity index (χ1v) is 6.96. The first-order chi connectivity index (χ1) is 8.77. The predicted octanol–water partition coefficient (Wildman–Crippen LogP) is 3.21. The number of hydrogen-bond donors (Lipinski definition) is 1. The summed E-state index contributed by atoms with van der Waals surface area (Å²) in [4.78, 5) is 6.61. The van der Waals surface area contributed by atoms with Crippen LogP contribution >= 0.6 is 15.9 Å². The molecule has 0 saturated carbocycles. The lowest BCUT2D eigenvalue weighted by Crippen LogP contribution is -2.28. The summed E-state index contributed by atoms with van der Waals surface area (Å²) in [6.07, 6.45) is 2.86. The van der Waals surface area contributed by atoms with Crippen molar-refractivity contribution in [3.05, 3.63) is 34.9 Å². The van der Waals surface area contributed by atoms with Gasteiger partial charge in [-0.1, -0.05) is 35.0 Å². The smallest absolute Gasteiger partial charge is 0.136 e. The average Bonchev–Trinajstić information content (AvgIpc) is 2.38. The van der Waals surface area contributed by atoms with Crippen LogP contribution in [0.25, 0.3) is 10.8 Å². The highest BCUT2D eigenvalue weighted by molar-refractivity contribution is 9.10. The molecule has 0 saturated heterocycles. The highest BCUT2D eigenvalue weighted by atomic mass is 79.9. The summed E-state index contributed by atoms with van der Waals surface area (Å²) in [6.45, 7) is 3.79. The molecule has 1 aromatic heterocycles. The molecule has 18 heavy (non-hydrogen) atoms. The van der Waals surface area contributed by atoms with Gasteiger partial charge in [-0.3, -0.25) is 0 Å². The first kappa shape index (κ1) is 13.3. The van der Waals surface area contributed by atoms with Crippen LogP contribution in [0.4, 0.5) is 5.82 Å². The molecule has 0 unspecified atom stereocenters. The molecular weight excluding hydrogens is 292 g/mol. The number of benzene rings is 1. The van der Waals surface area contributed by atoms with Crippen molar-refractivity contribution in [2.45, 2.75) is 13.3 Å². The Bertz CT molecular complexity index is 524. The molecular formula is C14H17BrN2O. The molecule has 1 heterocycles. The van der Waals surface area contributed by atoms with Crippen LogP contribution in [0.1, 0.15) is 13.3 Å². The number of halogens is 1. The number of hydrogen-bond acceptors (Lipinski definition) is 3. The summed E-state index contributed by atoms with van der Waals surface area (Å²) in [5.41, 5.74) is 0. The Morgan fingerprint density at radius 1 is 1.22 bits per heavy atom. The van der Waals surface area contributed by atoms with Crippen LogP contribution < -0.4 is 4.90 Å². The molecule has 0 spiro atoms. The highest BCUT2D eigenvalue weighted by Crippen LogP contribution is 2.29. The van der Waals surface area contributed by atoms with Crippen LogP contribution in [0, 0.1) is 0 Å². The van der Waals surface area contributed by atoms with Gasteiger partial charge in [-0.25, -0.2) is 4.98 Å². The van der Waals surface area contributed by atoms with Crippen molar-refractivity contribution < 1.29 is 5.11 Å². The second kappa shape index (κ2) is 6.16. The Morgan fingerprint density at radius 2 is 2.06 bits per heavy atom. The van der Waals surface area contributed by atoms with Crippen LogP contribution in [-0.2, 0) is 0 Å². The van der Waals surface area contributed by atoms with Crippen molar-refractivity contribution in [2.75, 3.05) is 24.6 Å². The summed E-state index contributed by atoms with van der Waals surface area (Å²) >= 11 is 3.56. The van der Waals surface area contributed by atoms with Crippen molar-refractivity contribution in [3.8, 4) is 0 Å². The Balaban J connectivity index is 2.51. The zero-order valence-electron chi connectivity index (χ0n) is 10.4. The molecule has 3 nitrogen and oxygen atoms in total. The number of rotatable bonds is 5. The minimum atomic E-state index is 0.145. The van der Waals surface area contributed by atoms with E-state index in [1.54, 1.807) is 0 Å². The predicted molar refractivity (Wildman–Crippen MR) is 79.0 cm³/mol. The fourth-order valence-corrected chi connectivity index (χ4v) is 2.62. The van der Waals surface area contributed by atoms with Crippen LogP contribution in [0.5, 0.6) is 0 Å². The lowest BCUT2D eigenvalue weighted by molar-refractivity contribution is 0.301. The van der Waals surface area contributed by atoms with E-state index in [4.69, 9.17) is 0 Å². The van der Waals surface area contributed by atoms with Crippen LogP contribution in [0.15, 0.2) is 34.9 Å².